The van der Waals surface area contributed by atoms with Crippen LogP contribution < -0.4 is 16.8 Å². The summed E-state index contributed by atoms with van der Waals surface area (Å²) >= 11 is 0. The number of benzene rings is 1. The summed E-state index contributed by atoms with van der Waals surface area (Å²) in [7, 11) is 0. The third-order valence-electron chi connectivity index (χ3n) is 1.81. The van der Waals surface area contributed by atoms with Crippen LogP contribution >= 0.6 is 0 Å². The predicted molar refractivity (Wildman–Crippen MR) is 54.5 cm³/mol. The van der Waals surface area contributed by atoms with Crippen LogP contribution in [0.3, 0.4) is 0 Å². The Morgan fingerprint density at radius 2 is 2.27 bits per heavy atom. The lowest BCUT2D eigenvalue weighted by atomic mass is 10.2. The number of anilines is 2. The van der Waals surface area contributed by atoms with Crippen molar-refractivity contribution in [3.63, 3.8) is 0 Å². The molecule has 1 unspecified atom stereocenters. The highest BCUT2D eigenvalue weighted by molar-refractivity contribution is 5.97. The van der Waals surface area contributed by atoms with E-state index in [1.165, 1.54) is 12.1 Å². The number of halogens is 1. The van der Waals surface area contributed by atoms with Crippen molar-refractivity contribution < 1.29 is 14.3 Å². The summed E-state index contributed by atoms with van der Waals surface area (Å²) < 4.78 is 12.8. The molecule has 0 aromatic heterocycles. The fourth-order valence-electron chi connectivity index (χ4n) is 0.945. The number of aliphatic hydroxyl groups excluding tert-OH is 1. The Labute approximate surface area is 85.9 Å². The Morgan fingerprint density at radius 3 is 2.87 bits per heavy atom. The lowest BCUT2D eigenvalue weighted by molar-refractivity contribution is -0.118. The number of hydrogen-bond acceptors (Lipinski definition) is 4. The van der Waals surface area contributed by atoms with Gasteiger partial charge in [0.2, 0.25) is 5.91 Å². The molecule has 1 atom stereocenters. The zero-order valence-electron chi connectivity index (χ0n) is 7.90. The van der Waals surface area contributed by atoms with Gasteiger partial charge in [0.15, 0.2) is 0 Å². The van der Waals surface area contributed by atoms with Crippen molar-refractivity contribution in [3.8, 4) is 0 Å². The van der Waals surface area contributed by atoms with Crippen LogP contribution in [0.2, 0.25) is 0 Å². The molecule has 0 bridgehead atoms. The highest BCUT2D eigenvalue weighted by Crippen LogP contribution is 2.19. The first-order chi connectivity index (χ1) is 7.04. The second-order valence-electron chi connectivity index (χ2n) is 3.01. The van der Waals surface area contributed by atoms with E-state index in [1.54, 1.807) is 0 Å². The van der Waals surface area contributed by atoms with Gasteiger partial charge in [0.25, 0.3) is 0 Å². The van der Waals surface area contributed by atoms with Crippen LogP contribution in [-0.4, -0.2) is 23.7 Å². The molecule has 0 aliphatic rings. The van der Waals surface area contributed by atoms with Crippen molar-refractivity contribution in [2.24, 2.45) is 5.73 Å². The van der Waals surface area contributed by atoms with Gasteiger partial charge < -0.3 is 21.9 Å². The fourth-order valence-corrected chi connectivity index (χ4v) is 0.945. The van der Waals surface area contributed by atoms with Gasteiger partial charge in [-0.25, -0.2) is 4.39 Å². The van der Waals surface area contributed by atoms with Gasteiger partial charge in [0.05, 0.1) is 18.0 Å². The smallest absolute Gasteiger partial charge is 0.243 e. The number of aliphatic hydroxyl groups is 1. The molecule has 0 heterocycles. The van der Waals surface area contributed by atoms with E-state index >= 15 is 0 Å². The van der Waals surface area contributed by atoms with Gasteiger partial charge in [-0.15, -0.1) is 0 Å². The number of carbonyl (C=O) groups excluding carboxylic acids is 1. The molecule has 0 radical (unpaired) electrons. The van der Waals surface area contributed by atoms with Crippen LogP contribution in [0.1, 0.15) is 0 Å². The molecule has 5 nitrogen and oxygen atoms in total. The average molecular weight is 213 g/mol. The molecule has 1 rings (SSSR count). The highest BCUT2D eigenvalue weighted by Gasteiger charge is 2.13. The van der Waals surface area contributed by atoms with Gasteiger partial charge in [0.1, 0.15) is 11.9 Å². The molecule has 1 amide bonds. The molecule has 0 aliphatic heterocycles. The quantitative estimate of drug-likeness (QED) is 0.516. The molecule has 0 spiro atoms. The van der Waals surface area contributed by atoms with E-state index in [4.69, 9.17) is 16.6 Å². The van der Waals surface area contributed by atoms with Crippen molar-refractivity contribution in [3.05, 3.63) is 24.0 Å². The van der Waals surface area contributed by atoms with Gasteiger partial charge in [0, 0.05) is 0 Å². The van der Waals surface area contributed by atoms with E-state index in [-0.39, 0.29) is 11.4 Å². The summed E-state index contributed by atoms with van der Waals surface area (Å²) in [6.07, 6.45) is 0. The lowest BCUT2D eigenvalue weighted by Crippen LogP contribution is -2.38. The van der Waals surface area contributed by atoms with Crippen molar-refractivity contribution >= 4 is 17.3 Å². The van der Waals surface area contributed by atoms with E-state index < -0.39 is 24.4 Å². The van der Waals surface area contributed by atoms with E-state index in [2.05, 4.69) is 5.32 Å². The molecule has 82 valence electrons. The normalized spacial score (nSPS) is 12.2. The third-order valence-corrected chi connectivity index (χ3v) is 1.81. The van der Waals surface area contributed by atoms with Crippen LogP contribution in [0.25, 0.3) is 0 Å². The molecule has 6 heteroatoms. The maximum absolute atomic E-state index is 12.8. The second kappa shape index (κ2) is 4.72. The van der Waals surface area contributed by atoms with Gasteiger partial charge in [-0.1, -0.05) is 0 Å². The molecule has 0 fully saturated rings. The maximum atomic E-state index is 12.8. The first-order valence-electron chi connectivity index (χ1n) is 4.27. The number of rotatable bonds is 3. The van der Waals surface area contributed by atoms with Crippen molar-refractivity contribution in [1.29, 1.82) is 0 Å². The number of nitrogen functional groups attached to an aromatic ring is 1. The summed E-state index contributed by atoms with van der Waals surface area (Å²) in [5.41, 5.74) is 11.1. The van der Waals surface area contributed by atoms with Crippen LogP contribution in [0.5, 0.6) is 0 Å². The lowest BCUT2D eigenvalue weighted by Gasteiger charge is -2.11. The summed E-state index contributed by atoms with van der Waals surface area (Å²) in [5.74, 6) is -1.13. The zero-order valence-corrected chi connectivity index (χ0v) is 7.90. The Bertz CT molecular complexity index is 370. The Kier molecular flexibility index (Phi) is 3.59. The Morgan fingerprint density at radius 1 is 1.60 bits per heavy atom. The minimum Gasteiger partial charge on any atom is -0.397 e. The van der Waals surface area contributed by atoms with Crippen molar-refractivity contribution in [2.75, 3.05) is 17.7 Å². The number of carbonyl (C=O) groups is 1. The summed E-state index contributed by atoms with van der Waals surface area (Å²) in [5, 5.41) is 10.9. The number of hydrogen-bond donors (Lipinski definition) is 4. The Hall–Kier alpha value is -1.66. The average Bonchev–Trinajstić information content (AvgIpc) is 2.22. The fraction of sp³-hybridized carbons (Fsp3) is 0.222. The number of amides is 1. The minimum absolute atomic E-state index is 0.143. The SMILES string of the molecule is Nc1ccc(F)cc1NC(=O)C(N)CO. The van der Waals surface area contributed by atoms with Crippen LogP contribution in [0, 0.1) is 5.82 Å². The minimum atomic E-state index is -1.05. The molecule has 1 aromatic carbocycles. The standard InChI is InChI=1S/C9H12FN3O2/c10-5-1-2-6(11)8(3-5)13-9(15)7(12)4-14/h1-3,7,14H,4,11-12H2,(H,13,15). The summed E-state index contributed by atoms with van der Waals surface area (Å²) in [6.45, 7) is -0.485. The molecule has 0 saturated heterocycles. The maximum Gasteiger partial charge on any atom is 0.243 e. The number of nitrogens with one attached hydrogen (secondary N) is 1. The number of nitrogens with two attached hydrogens (primary N) is 2. The second-order valence-corrected chi connectivity index (χ2v) is 3.01. The monoisotopic (exact) mass is 213 g/mol. The molecule has 15 heavy (non-hydrogen) atoms. The molecule has 1 aromatic rings. The molecule has 0 saturated carbocycles. The van der Waals surface area contributed by atoms with Crippen LogP contribution in [-0.2, 0) is 4.79 Å². The molecular weight excluding hydrogens is 201 g/mol. The molecule has 0 aliphatic carbocycles. The van der Waals surface area contributed by atoms with E-state index in [1.807, 2.05) is 0 Å². The molecule has 6 N–H and O–H groups in total. The summed E-state index contributed by atoms with van der Waals surface area (Å²) in [4.78, 5) is 11.2. The van der Waals surface area contributed by atoms with Crippen LogP contribution in [0.4, 0.5) is 15.8 Å². The van der Waals surface area contributed by atoms with E-state index in [0.717, 1.165) is 6.07 Å². The van der Waals surface area contributed by atoms with Gasteiger partial charge in [-0.05, 0) is 18.2 Å². The van der Waals surface area contributed by atoms with Gasteiger partial charge >= 0.3 is 0 Å². The largest absolute Gasteiger partial charge is 0.397 e. The first kappa shape index (κ1) is 11.4. The van der Waals surface area contributed by atoms with Crippen molar-refractivity contribution in [1.82, 2.24) is 0 Å². The van der Waals surface area contributed by atoms with E-state index in [9.17, 15) is 9.18 Å². The third kappa shape index (κ3) is 2.90. The molecular formula is C9H12FN3O2. The van der Waals surface area contributed by atoms with Crippen LogP contribution in [0.15, 0.2) is 18.2 Å². The van der Waals surface area contributed by atoms with Gasteiger partial charge in [-0.3, -0.25) is 4.79 Å². The van der Waals surface area contributed by atoms with Crippen molar-refractivity contribution in [2.45, 2.75) is 6.04 Å². The highest BCUT2D eigenvalue weighted by atomic mass is 19.1. The topological polar surface area (TPSA) is 101 Å². The Balaban J connectivity index is 2.80. The summed E-state index contributed by atoms with van der Waals surface area (Å²) in [6, 6.07) is 2.54. The van der Waals surface area contributed by atoms with E-state index in [0.29, 0.717) is 0 Å². The zero-order chi connectivity index (χ0) is 11.4. The first-order valence-corrected chi connectivity index (χ1v) is 4.27. The van der Waals surface area contributed by atoms with Gasteiger partial charge in [-0.2, -0.15) is 0 Å². The predicted octanol–water partition coefficient (Wildman–Crippen LogP) is -0.334.